The predicted octanol–water partition coefficient (Wildman–Crippen LogP) is 3.42. The zero-order valence-corrected chi connectivity index (χ0v) is 15.9. The van der Waals surface area contributed by atoms with Crippen molar-refractivity contribution in [1.29, 1.82) is 5.26 Å². The lowest BCUT2D eigenvalue weighted by Crippen LogP contribution is -2.52. The maximum Gasteiger partial charge on any atom is 0.337 e. The number of methoxy groups -OCH3 is 1. The number of hydrogen-bond donors (Lipinski definition) is 0. The number of ether oxygens (including phenoxy) is 2. The zero-order chi connectivity index (χ0) is 19.3. The van der Waals surface area contributed by atoms with Crippen LogP contribution >= 0.6 is 11.6 Å². The van der Waals surface area contributed by atoms with Gasteiger partial charge in [-0.15, -0.1) is 0 Å². The minimum atomic E-state index is -0.908. The third-order valence-corrected chi connectivity index (χ3v) is 5.22. The quantitative estimate of drug-likeness (QED) is 0.739. The Morgan fingerprint density at radius 1 is 1.22 bits per heavy atom. The minimum Gasteiger partial charge on any atom is -0.465 e. The fraction of sp³-hybridized carbons (Fsp3) is 0.333. The number of benzene rings is 2. The van der Waals surface area contributed by atoms with Gasteiger partial charge in [0.25, 0.3) is 0 Å². The normalized spacial score (nSPS) is 16.9. The molecule has 0 saturated carbocycles. The van der Waals surface area contributed by atoms with Crippen LogP contribution in [0.3, 0.4) is 0 Å². The van der Waals surface area contributed by atoms with Crippen molar-refractivity contribution < 1.29 is 14.3 Å². The van der Waals surface area contributed by atoms with Crippen LogP contribution in [0.25, 0.3) is 0 Å². The van der Waals surface area contributed by atoms with Crippen LogP contribution < -0.4 is 0 Å². The van der Waals surface area contributed by atoms with E-state index in [9.17, 15) is 10.1 Å². The van der Waals surface area contributed by atoms with E-state index in [0.29, 0.717) is 43.3 Å². The molecule has 0 aliphatic carbocycles. The van der Waals surface area contributed by atoms with Crippen LogP contribution in [0.15, 0.2) is 48.5 Å². The molecule has 1 fully saturated rings. The summed E-state index contributed by atoms with van der Waals surface area (Å²) < 4.78 is 10.2. The Morgan fingerprint density at radius 3 is 2.48 bits per heavy atom. The summed E-state index contributed by atoms with van der Waals surface area (Å²) in [5, 5.41) is 10.9. The van der Waals surface area contributed by atoms with Gasteiger partial charge < -0.3 is 9.47 Å². The lowest BCUT2D eigenvalue weighted by molar-refractivity contribution is -0.00514. The van der Waals surface area contributed by atoms with Crippen LogP contribution in [-0.2, 0) is 21.4 Å². The van der Waals surface area contributed by atoms with E-state index in [1.165, 1.54) is 7.11 Å². The molecule has 1 atom stereocenters. The predicted molar refractivity (Wildman–Crippen MR) is 103 cm³/mol. The molecule has 1 unspecified atom stereocenters. The minimum absolute atomic E-state index is 0.382. The third-order valence-electron chi connectivity index (χ3n) is 4.89. The molecule has 0 radical (unpaired) electrons. The van der Waals surface area contributed by atoms with Crippen molar-refractivity contribution in [1.82, 2.24) is 4.90 Å². The highest BCUT2D eigenvalue weighted by atomic mass is 35.5. The maximum absolute atomic E-state index is 11.7. The van der Waals surface area contributed by atoms with E-state index in [0.717, 1.165) is 11.1 Å². The number of carbonyl (C=O) groups excluding carboxylic acids is 1. The summed E-state index contributed by atoms with van der Waals surface area (Å²) in [4.78, 5) is 13.8. The van der Waals surface area contributed by atoms with Crippen LogP contribution in [-0.4, -0.2) is 44.3 Å². The van der Waals surface area contributed by atoms with Gasteiger partial charge in [0, 0.05) is 30.1 Å². The van der Waals surface area contributed by atoms with E-state index in [1.807, 2.05) is 36.4 Å². The fourth-order valence-corrected chi connectivity index (χ4v) is 3.75. The Kier molecular flexibility index (Phi) is 6.12. The molecular weight excluding hydrogens is 364 g/mol. The molecule has 6 heteroatoms. The van der Waals surface area contributed by atoms with Gasteiger partial charge in [0.05, 0.1) is 32.0 Å². The molecule has 0 spiro atoms. The fourth-order valence-electron chi connectivity index (χ4n) is 3.46. The van der Waals surface area contributed by atoms with Crippen LogP contribution in [0.4, 0.5) is 0 Å². The number of rotatable bonds is 5. The highest BCUT2D eigenvalue weighted by molar-refractivity contribution is 6.31. The Hall–Kier alpha value is -2.39. The largest absolute Gasteiger partial charge is 0.465 e. The molecule has 0 bridgehead atoms. The molecule has 2 aromatic rings. The monoisotopic (exact) mass is 384 g/mol. The van der Waals surface area contributed by atoms with E-state index in [-0.39, 0.29) is 5.97 Å². The number of morpholine rings is 1. The number of hydrogen-bond acceptors (Lipinski definition) is 5. The molecule has 5 nitrogen and oxygen atoms in total. The number of carbonyl (C=O) groups is 1. The number of halogens is 1. The Labute approximate surface area is 164 Å². The average molecular weight is 385 g/mol. The van der Waals surface area contributed by atoms with E-state index >= 15 is 0 Å². The molecule has 1 aliphatic heterocycles. The third kappa shape index (κ3) is 3.98. The average Bonchev–Trinajstić information content (AvgIpc) is 2.73. The summed E-state index contributed by atoms with van der Waals surface area (Å²) in [5.41, 5.74) is 1.30. The SMILES string of the molecule is COC(=O)c1ccc(CC(C#N)(c2ccccc2Cl)N2CCOCC2)cc1. The Bertz CT molecular complexity index is 841. The van der Waals surface area contributed by atoms with Gasteiger partial charge in [0.2, 0.25) is 0 Å². The highest BCUT2D eigenvalue weighted by Crippen LogP contribution is 2.37. The number of nitrogens with zero attached hydrogens (tertiary/aromatic N) is 2. The summed E-state index contributed by atoms with van der Waals surface area (Å²) in [6, 6.07) is 17.2. The van der Waals surface area contributed by atoms with Gasteiger partial charge >= 0.3 is 5.97 Å². The molecule has 2 aromatic carbocycles. The second-order valence-electron chi connectivity index (χ2n) is 6.42. The van der Waals surface area contributed by atoms with Crippen molar-refractivity contribution in [2.45, 2.75) is 12.0 Å². The van der Waals surface area contributed by atoms with Crippen molar-refractivity contribution in [2.24, 2.45) is 0 Å². The van der Waals surface area contributed by atoms with Gasteiger partial charge in [-0.3, -0.25) is 4.90 Å². The van der Waals surface area contributed by atoms with Crippen molar-refractivity contribution in [3.05, 3.63) is 70.2 Å². The van der Waals surface area contributed by atoms with Gasteiger partial charge in [-0.05, 0) is 23.8 Å². The summed E-state index contributed by atoms with van der Waals surface area (Å²) in [6.07, 6.45) is 0.453. The van der Waals surface area contributed by atoms with Crippen LogP contribution in [0, 0.1) is 11.3 Å². The molecule has 1 heterocycles. The summed E-state index contributed by atoms with van der Waals surface area (Å²) in [6.45, 7) is 2.46. The smallest absolute Gasteiger partial charge is 0.337 e. The molecule has 0 amide bonds. The summed E-state index contributed by atoms with van der Waals surface area (Å²) in [7, 11) is 1.35. The lowest BCUT2D eigenvalue weighted by Gasteiger charge is -2.41. The van der Waals surface area contributed by atoms with E-state index in [1.54, 1.807) is 12.1 Å². The van der Waals surface area contributed by atoms with Crippen LogP contribution in [0.2, 0.25) is 5.02 Å². The molecule has 1 saturated heterocycles. The molecule has 3 rings (SSSR count). The number of nitriles is 1. The van der Waals surface area contributed by atoms with Gasteiger partial charge in [-0.1, -0.05) is 41.9 Å². The topological polar surface area (TPSA) is 62.6 Å². The molecule has 140 valence electrons. The Balaban J connectivity index is 2.01. The second kappa shape index (κ2) is 8.53. The van der Waals surface area contributed by atoms with Crippen molar-refractivity contribution in [2.75, 3.05) is 33.4 Å². The second-order valence-corrected chi connectivity index (χ2v) is 6.82. The lowest BCUT2D eigenvalue weighted by atomic mass is 9.82. The summed E-state index contributed by atoms with van der Waals surface area (Å²) >= 11 is 6.49. The van der Waals surface area contributed by atoms with Crippen LogP contribution in [0.5, 0.6) is 0 Å². The first kappa shape index (κ1) is 19.4. The van der Waals surface area contributed by atoms with Gasteiger partial charge in [0.15, 0.2) is 0 Å². The maximum atomic E-state index is 11.7. The number of esters is 1. The van der Waals surface area contributed by atoms with E-state index in [4.69, 9.17) is 21.1 Å². The molecular formula is C21H21ClN2O3. The van der Waals surface area contributed by atoms with Crippen molar-refractivity contribution in [3.8, 4) is 6.07 Å². The molecule has 0 aromatic heterocycles. The first-order valence-electron chi connectivity index (χ1n) is 8.77. The molecule has 27 heavy (non-hydrogen) atoms. The first-order chi connectivity index (χ1) is 13.1. The first-order valence-corrected chi connectivity index (χ1v) is 9.15. The van der Waals surface area contributed by atoms with Gasteiger partial charge in [-0.25, -0.2) is 4.79 Å². The molecule has 1 aliphatic rings. The molecule has 0 N–H and O–H groups in total. The van der Waals surface area contributed by atoms with E-state index < -0.39 is 5.54 Å². The van der Waals surface area contributed by atoms with Crippen molar-refractivity contribution >= 4 is 17.6 Å². The standard InChI is InChI=1S/C21H21ClN2O3/c1-26-20(25)17-8-6-16(7-9-17)14-21(15-23,24-10-12-27-13-11-24)18-4-2-3-5-19(18)22/h2-9H,10-14H2,1H3. The zero-order valence-electron chi connectivity index (χ0n) is 15.2. The van der Waals surface area contributed by atoms with Gasteiger partial charge in [-0.2, -0.15) is 5.26 Å². The Morgan fingerprint density at radius 2 is 1.89 bits per heavy atom. The van der Waals surface area contributed by atoms with Gasteiger partial charge in [0.1, 0.15) is 5.54 Å². The van der Waals surface area contributed by atoms with Crippen LogP contribution in [0.1, 0.15) is 21.5 Å². The van der Waals surface area contributed by atoms with E-state index in [2.05, 4.69) is 11.0 Å². The van der Waals surface area contributed by atoms with Crippen molar-refractivity contribution in [3.63, 3.8) is 0 Å². The summed E-state index contributed by atoms with van der Waals surface area (Å²) in [5.74, 6) is -0.382. The highest BCUT2D eigenvalue weighted by Gasteiger charge is 2.41.